The van der Waals surface area contributed by atoms with Gasteiger partial charge in [0.05, 0.1) is 40.4 Å². The predicted molar refractivity (Wildman–Crippen MR) is 176 cm³/mol. The number of carbonyl (C=O) groups is 5. The molecule has 1 aromatic heterocycles. The van der Waals surface area contributed by atoms with E-state index in [0.717, 1.165) is 46.7 Å². The molecule has 3 atom stereocenters. The fourth-order valence-corrected chi connectivity index (χ4v) is 7.92. The van der Waals surface area contributed by atoms with Crippen molar-refractivity contribution in [2.24, 2.45) is 5.92 Å². The molecule has 2 N–H and O–H groups in total. The average molecular weight is 656 g/mol. The first-order valence-corrected chi connectivity index (χ1v) is 16.6. The number of piperidine rings is 1. The molecule has 3 aromatic rings. The van der Waals surface area contributed by atoms with Crippen LogP contribution in [-0.2, 0) is 19.9 Å². The SMILES string of the molecule is CC(C)(C(=O)Nc1ccc(C#N)c2c1C1CCC2C1)n1cc(C#CC2CN(c3ccc4c(c3)C(=O)N(C3CCC(=O)NC3=O)C4=O)C2)cn1. The van der Waals surface area contributed by atoms with Gasteiger partial charge in [0.25, 0.3) is 17.7 Å². The molecule has 2 bridgehead atoms. The van der Waals surface area contributed by atoms with Gasteiger partial charge in [-0.1, -0.05) is 11.8 Å². The van der Waals surface area contributed by atoms with Crippen molar-refractivity contribution in [1.29, 1.82) is 5.26 Å². The lowest BCUT2D eigenvalue weighted by Gasteiger charge is -2.38. The number of amides is 5. The second-order valence-electron chi connectivity index (χ2n) is 14.0. The van der Waals surface area contributed by atoms with E-state index >= 15 is 0 Å². The van der Waals surface area contributed by atoms with Crippen LogP contribution in [0.1, 0.15) is 101 Å². The number of aromatic nitrogens is 2. The number of hydrogen-bond acceptors (Lipinski definition) is 8. The smallest absolute Gasteiger partial charge is 0.262 e. The standard InChI is InChI=1S/C37H33N7O5/c1-37(2,36(49)40-28-10-7-24(15-38)31-22-5-6-23(13-22)32(28)31)43-19-20(16-39-43)3-4-21-17-42(18-21)25-8-9-26-27(14-25)35(48)44(34(26)47)29-11-12-30(45)41-33(29)46/h7-10,14,16,19,21-23,29H,5-6,11-13,17-18H2,1-2H3,(H,40,49)(H,41,45,46). The molecule has 12 heteroatoms. The number of hydrogen-bond donors (Lipinski definition) is 2. The van der Waals surface area contributed by atoms with Crippen molar-refractivity contribution in [3.05, 3.63) is 76.1 Å². The number of nitrogens with zero attached hydrogens (tertiary/aromatic N) is 5. The van der Waals surface area contributed by atoms with Gasteiger partial charge in [-0.2, -0.15) is 10.4 Å². The third kappa shape index (κ3) is 4.90. The van der Waals surface area contributed by atoms with E-state index in [-0.39, 0.29) is 35.8 Å². The zero-order chi connectivity index (χ0) is 34.2. The summed E-state index contributed by atoms with van der Waals surface area (Å²) in [6, 6.07) is 10.1. The van der Waals surface area contributed by atoms with Crippen LogP contribution in [0.5, 0.6) is 0 Å². The van der Waals surface area contributed by atoms with E-state index in [1.807, 2.05) is 26.0 Å². The summed E-state index contributed by atoms with van der Waals surface area (Å²) < 4.78 is 1.62. The molecule has 5 amide bonds. The molecule has 0 radical (unpaired) electrons. The normalized spacial score (nSPS) is 22.6. The molecule has 8 rings (SSSR count). The van der Waals surface area contributed by atoms with Gasteiger partial charge < -0.3 is 10.2 Å². The molecule has 3 aliphatic heterocycles. The van der Waals surface area contributed by atoms with Crippen molar-refractivity contribution in [3.63, 3.8) is 0 Å². The van der Waals surface area contributed by atoms with Crippen molar-refractivity contribution < 1.29 is 24.0 Å². The van der Waals surface area contributed by atoms with Crippen LogP contribution < -0.4 is 15.5 Å². The topological polar surface area (TPSA) is 158 Å². The summed E-state index contributed by atoms with van der Waals surface area (Å²) in [4.78, 5) is 66.7. The summed E-state index contributed by atoms with van der Waals surface area (Å²) in [5.74, 6) is 5.00. The summed E-state index contributed by atoms with van der Waals surface area (Å²) in [6.07, 6.45) is 6.81. The second kappa shape index (κ2) is 11.2. The molecule has 49 heavy (non-hydrogen) atoms. The molecule has 12 nitrogen and oxygen atoms in total. The third-order valence-electron chi connectivity index (χ3n) is 10.7. The molecular formula is C37H33N7O5. The Kier molecular flexibility index (Phi) is 6.97. The van der Waals surface area contributed by atoms with Crippen LogP contribution in [-0.4, -0.2) is 63.3 Å². The minimum atomic E-state index is -1.00. The summed E-state index contributed by atoms with van der Waals surface area (Å²) in [5.41, 5.74) is 4.69. The maximum Gasteiger partial charge on any atom is 0.262 e. The number of imide groups is 2. The van der Waals surface area contributed by atoms with Crippen LogP contribution in [0.4, 0.5) is 11.4 Å². The fourth-order valence-electron chi connectivity index (χ4n) is 7.92. The molecule has 0 spiro atoms. The van der Waals surface area contributed by atoms with Gasteiger partial charge in [0.2, 0.25) is 11.8 Å². The van der Waals surface area contributed by atoms with E-state index in [1.165, 1.54) is 0 Å². The van der Waals surface area contributed by atoms with Crippen molar-refractivity contribution in [2.75, 3.05) is 23.3 Å². The maximum absolute atomic E-state index is 13.6. The van der Waals surface area contributed by atoms with Crippen LogP contribution in [0.2, 0.25) is 0 Å². The number of rotatable bonds is 5. The van der Waals surface area contributed by atoms with Gasteiger partial charge >= 0.3 is 0 Å². The quantitative estimate of drug-likeness (QED) is 0.313. The highest BCUT2D eigenvalue weighted by molar-refractivity contribution is 6.23. The maximum atomic E-state index is 13.6. The first-order chi connectivity index (χ1) is 23.5. The lowest BCUT2D eigenvalue weighted by Crippen LogP contribution is -2.54. The molecule has 2 aliphatic carbocycles. The van der Waals surface area contributed by atoms with Crippen LogP contribution in [0.15, 0.2) is 42.7 Å². The van der Waals surface area contributed by atoms with Crippen molar-refractivity contribution in [2.45, 2.75) is 69.4 Å². The van der Waals surface area contributed by atoms with Gasteiger partial charge in [-0.25, -0.2) is 0 Å². The Labute approximate surface area is 282 Å². The average Bonchev–Trinajstić information content (AvgIpc) is 3.86. The summed E-state index contributed by atoms with van der Waals surface area (Å²) in [5, 5.41) is 19.5. The Morgan fingerprint density at radius 3 is 2.51 bits per heavy atom. The molecular weight excluding hydrogens is 622 g/mol. The minimum absolute atomic E-state index is 0.0685. The molecule has 246 valence electrons. The number of nitrogens with one attached hydrogen (secondary N) is 2. The fraction of sp³-hybridized carbons (Fsp3) is 0.378. The monoisotopic (exact) mass is 655 g/mol. The Balaban J connectivity index is 0.906. The molecule has 2 saturated heterocycles. The van der Waals surface area contributed by atoms with E-state index in [9.17, 15) is 29.2 Å². The van der Waals surface area contributed by atoms with Gasteiger partial charge in [0.1, 0.15) is 11.6 Å². The van der Waals surface area contributed by atoms with Gasteiger partial charge in [-0.3, -0.25) is 38.9 Å². The lowest BCUT2D eigenvalue weighted by molar-refractivity contribution is -0.136. The van der Waals surface area contributed by atoms with E-state index in [2.05, 4.69) is 38.5 Å². The molecule has 1 saturated carbocycles. The van der Waals surface area contributed by atoms with Crippen LogP contribution in [0, 0.1) is 29.1 Å². The van der Waals surface area contributed by atoms with E-state index < -0.39 is 35.2 Å². The Morgan fingerprint density at radius 1 is 1.00 bits per heavy atom. The highest BCUT2D eigenvalue weighted by Crippen LogP contribution is 2.56. The highest BCUT2D eigenvalue weighted by atomic mass is 16.2. The molecule has 3 unspecified atom stereocenters. The van der Waals surface area contributed by atoms with E-state index in [4.69, 9.17) is 0 Å². The second-order valence-corrected chi connectivity index (χ2v) is 14.0. The first kappa shape index (κ1) is 30.6. The first-order valence-electron chi connectivity index (χ1n) is 16.6. The Bertz CT molecular complexity index is 2110. The zero-order valence-corrected chi connectivity index (χ0v) is 27.1. The zero-order valence-electron chi connectivity index (χ0n) is 27.1. The molecule has 4 heterocycles. The molecule has 5 aliphatic rings. The lowest BCUT2D eigenvalue weighted by atomic mass is 9.87. The van der Waals surface area contributed by atoms with Crippen molar-refractivity contribution in [1.82, 2.24) is 20.0 Å². The van der Waals surface area contributed by atoms with Gasteiger partial charge in [0, 0.05) is 37.1 Å². The van der Waals surface area contributed by atoms with Crippen LogP contribution in [0.25, 0.3) is 0 Å². The number of fused-ring (bicyclic) bond motifs is 6. The third-order valence-corrected chi connectivity index (χ3v) is 10.7. The number of anilines is 2. The number of benzene rings is 2. The largest absolute Gasteiger partial charge is 0.369 e. The molecule has 2 aromatic carbocycles. The number of carbonyl (C=O) groups excluding carboxylic acids is 5. The molecule has 3 fully saturated rings. The van der Waals surface area contributed by atoms with Gasteiger partial charge in [0.15, 0.2) is 0 Å². The summed E-state index contributed by atoms with van der Waals surface area (Å²) in [6.45, 7) is 4.88. The Morgan fingerprint density at radius 2 is 1.76 bits per heavy atom. The minimum Gasteiger partial charge on any atom is -0.369 e. The van der Waals surface area contributed by atoms with Crippen molar-refractivity contribution >= 4 is 40.9 Å². The van der Waals surface area contributed by atoms with E-state index in [0.29, 0.717) is 36.1 Å². The van der Waals surface area contributed by atoms with Gasteiger partial charge in [-0.15, -0.1) is 0 Å². The van der Waals surface area contributed by atoms with Crippen molar-refractivity contribution in [3.8, 4) is 17.9 Å². The highest BCUT2D eigenvalue weighted by Gasteiger charge is 2.45. The van der Waals surface area contributed by atoms with Crippen LogP contribution >= 0.6 is 0 Å². The van der Waals surface area contributed by atoms with E-state index in [1.54, 1.807) is 35.3 Å². The predicted octanol–water partition coefficient (Wildman–Crippen LogP) is 3.38. The summed E-state index contributed by atoms with van der Waals surface area (Å²) in [7, 11) is 0. The summed E-state index contributed by atoms with van der Waals surface area (Å²) >= 11 is 0. The van der Waals surface area contributed by atoms with Crippen LogP contribution in [0.3, 0.4) is 0 Å². The van der Waals surface area contributed by atoms with Gasteiger partial charge in [-0.05, 0) is 92.8 Å². The Hall–Kier alpha value is -5.75. The number of nitriles is 1.